The highest BCUT2D eigenvalue weighted by Gasteiger charge is 2.43. The van der Waals surface area contributed by atoms with Crippen LogP contribution >= 0.6 is 0 Å². The maximum absolute atomic E-state index is 5.34. The van der Waals surface area contributed by atoms with Crippen LogP contribution in [0.2, 0.25) is 0 Å². The van der Waals surface area contributed by atoms with Crippen LogP contribution in [-0.4, -0.2) is 13.7 Å². The number of benzene rings is 2. The van der Waals surface area contributed by atoms with Gasteiger partial charge in [0.25, 0.3) is 0 Å². The van der Waals surface area contributed by atoms with Crippen LogP contribution in [0.15, 0.2) is 60.7 Å². The van der Waals surface area contributed by atoms with Gasteiger partial charge in [-0.05, 0) is 23.0 Å². The molecule has 0 unspecified atom stereocenters. The first-order valence-electron chi connectivity index (χ1n) is 7.62. The lowest BCUT2D eigenvalue weighted by atomic mass is 9.58. The monoisotopic (exact) mass is 282 g/mol. The molecule has 0 fully saturated rings. The Morgan fingerprint density at radius 1 is 0.762 bits per heavy atom. The van der Waals surface area contributed by atoms with Crippen molar-refractivity contribution in [2.45, 2.75) is 32.6 Å². The van der Waals surface area contributed by atoms with Crippen molar-refractivity contribution in [3.05, 3.63) is 71.8 Å². The van der Waals surface area contributed by atoms with Gasteiger partial charge < -0.3 is 4.74 Å². The molecule has 0 spiro atoms. The number of hydrogen-bond acceptors (Lipinski definition) is 1. The van der Waals surface area contributed by atoms with Gasteiger partial charge in [0.15, 0.2) is 0 Å². The quantitative estimate of drug-likeness (QED) is 0.720. The molecule has 0 aliphatic carbocycles. The van der Waals surface area contributed by atoms with Crippen LogP contribution in [-0.2, 0) is 10.2 Å². The third-order valence-corrected chi connectivity index (χ3v) is 4.99. The van der Waals surface area contributed by atoms with Crippen molar-refractivity contribution in [2.24, 2.45) is 5.41 Å². The number of rotatable bonds is 6. The molecule has 21 heavy (non-hydrogen) atoms. The van der Waals surface area contributed by atoms with Gasteiger partial charge in [-0.1, -0.05) is 81.4 Å². The van der Waals surface area contributed by atoms with E-state index >= 15 is 0 Å². The summed E-state index contributed by atoms with van der Waals surface area (Å²) < 4.78 is 5.34. The number of methoxy groups -OCH3 is 1. The minimum atomic E-state index is -0.0476. The van der Waals surface area contributed by atoms with Gasteiger partial charge in [0.1, 0.15) is 0 Å². The zero-order valence-corrected chi connectivity index (χ0v) is 13.6. The van der Waals surface area contributed by atoms with E-state index in [1.54, 1.807) is 7.11 Å². The summed E-state index contributed by atoms with van der Waals surface area (Å²) in [6.45, 7) is 7.81. The maximum Gasteiger partial charge on any atom is 0.0467 e. The van der Waals surface area contributed by atoms with Crippen LogP contribution < -0.4 is 0 Å². The van der Waals surface area contributed by atoms with E-state index in [4.69, 9.17) is 4.74 Å². The van der Waals surface area contributed by atoms with Crippen molar-refractivity contribution in [2.75, 3.05) is 13.7 Å². The van der Waals surface area contributed by atoms with E-state index in [0.29, 0.717) is 0 Å². The van der Waals surface area contributed by atoms with Crippen molar-refractivity contribution in [3.63, 3.8) is 0 Å². The second-order valence-electron chi connectivity index (χ2n) is 6.48. The Labute approximate surface area is 129 Å². The summed E-state index contributed by atoms with van der Waals surface area (Å²) in [4.78, 5) is 0. The molecule has 0 radical (unpaired) electrons. The minimum absolute atomic E-state index is 0.0476. The third-order valence-electron chi connectivity index (χ3n) is 4.99. The van der Waals surface area contributed by atoms with Crippen molar-refractivity contribution >= 4 is 0 Å². The zero-order valence-electron chi connectivity index (χ0n) is 13.6. The van der Waals surface area contributed by atoms with Gasteiger partial charge >= 0.3 is 0 Å². The van der Waals surface area contributed by atoms with E-state index in [-0.39, 0.29) is 10.8 Å². The molecule has 0 N–H and O–H groups in total. The third kappa shape index (κ3) is 3.03. The van der Waals surface area contributed by atoms with Gasteiger partial charge in [-0.3, -0.25) is 0 Å². The van der Waals surface area contributed by atoms with Crippen LogP contribution in [0.5, 0.6) is 0 Å². The second kappa shape index (κ2) is 6.44. The highest BCUT2D eigenvalue weighted by molar-refractivity contribution is 5.40. The molecule has 1 nitrogen and oxygen atoms in total. The van der Waals surface area contributed by atoms with E-state index in [1.165, 1.54) is 11.1 Å². The summed E-state index contributed by atoms with van der Waals surface area (Å²) in [5.74, 6) is 0. The average molecular weight is 282 g/mol. The van der Waals surface area contributed by atoms with Gasteiger partial charge in [0.05, 0.1) is 0 Å². The lowest BCUT2D eigenvalue weighted by Crippen LogP contribution is -2.41. The lowest BCUT2D eigenvalue weighted by Gasteiger charge is -2.45. The number of hydrogen-bond donors (Lipinski definition) is 0. The zero-order chi connectivity index (χ0) is 15.3. The van der Waals surface area contributed by atoms with Crippen molar-refractivity contribution < 1.29 is 4.74 Å². The SMILES string of the molecule is COCCC(C)(C)C(C)(c1ccccc1)c1ccccc1. The van der Waals surface area contributed by atoms with Gasteiger partial charge in [-0.15, -0.1) is 0 Å². The molecule has 0 amide bonds. The Hall–Kier alpha value is -1.60. The summed E-state index contributed by atoms with van der Waals surface area (Å²) >= 11 is 0. The normalized spacial score (nSPS) is 12.4. The molecule has 2 aromatic carbocycles. The van der Waals surface area contributed by atoms with E-state index < -0.39 is 0 Å². The predicted octanol–water partition coefficient (Wildman–Crippen LogP) is 5.06. The van der Waals surface area contributed by atoms with E-state index in [0.717, 1.165) is 13.0 Å². The van der Waals surface area contributed by atoms with Crippen LogP contribution in [0.3, 0.4) is 0 Å². The molecule has 0 bridgehead atoms. The fourth-order valence-corrected chi connectivity index (χ4v) is 3.10. The standard InChI is InChI=1S/C20H26O/c1-19(2,15-16-21-4)20(3,17-11-7-5-8-12-17)18-13-9-6-10-14-18/h5-14H,15-16H2,1-4H3. The first-order valence-corrected chi connectivity index (χ1v) is 7.62. The van der Waals surface area contributed by atoms with Crippen LogP contribution in [0.25, 0.3) is 0 Å². The predicted molar refractivity (Wildman–Crippen MR) is 89.6 cm³/mol. The minimum Gasteiger partial charge on any atom is -0.385 e. The number of ether oxygens (including phenoxy) is 1. The Bertz CT molecular complexity index is 503. The Morgan fingerprint density at radius 2 is 1.19 bits per heavy atom. The molecule has 0 heterocycles. The fraction of sp³-hybridized carbons (Fsp3) is 0.400. The molecule has 1 heteroatoms. The maximum atomic E-state index is 5.34. The van der Waals surface area contributed by atoms with Crippen molar-refractivity contribution in [3.8, 4) is 0 Å². The summed E-state index contributed by atoms with van der Waals surface area (Å²) in [6, 6.07) is 21.6. The highest BCUT2D eigenvalue weighted by Crippen LogP contribution is 2.48. The topological polar surface area (TPSA) is 9.23 Å². The first kappa shape index (κ1) is 15.8. The molecule has 0 aliphatic rings. The summed E-state index contributed by atoms with van der Waals surface area (Å²) in [7, 11) is 1.78. The fourth-order valence-electron chi connectivity index (χ4n) is 3.10. The molecule has 2 aromatic rings. The van der Waals surface area contributed by atoms with Gasteiger partial charge in [0.2, 0.25) is 0 Å². The van der Waals surface area contributed by atoms with E-state index in [2.05, 4.69) is 81.4 Å². The van der Waals surface area contributed by atoms with Crippen LogP contribution in [0.1, 0.15) is 38.3 Å². The van der Waals surface area contributed by atoms with E-state index in [1.807, 2.05) is 0 Å². The summed E-state index contributed by atoms with van der Waals surface area (Å²) in [6.07, 6.45) is 1.02. The molecule has 0 saturated carbocycles. The molecule has 0 aliphatic heterocycles. The Balaban J connectivity index is 2.55. The molecular weight excluding hydrogens is 256 g/mol. The molecule has 0 atom stereocenters. The molecule has 2 rings (SSSR count). The molecular formula is C20H26O. The Morgan fingerprint density at radius 3 is 1.57 bits per heavy atom. The van der Waals surface area contributed by atoms with Crippen LogP contribution in [0, 0.1) is 5.41 Å². The van der Waals surface area contributed by atoms with Gasteiger partial charge in [0, 0.05) is 19.1 Å². The average Bonchev–Trinajstić information content (AvgIpc) is 2.53. The first-order chi connectivity index (χ1) is 10.0. The Kier molecular flexibility index (Phi) is 4.84. The summed E-state index contributed by atoms with van der Waals surface area (Å²) in [5.41, 5.74) is 2.76. The molecule has 0 saturated heterocycles. The van der Waals surface area contributed by atoms with E-state index in [9.17, 15) is 0 Å². The smallest absolute Gasteiger partial charge is 0.0467 e. The van der Waals surface area contributed by atoms with Crippen molar-refractivity contribution in [1.29, 1.82) is 0 Å². The largest absolute Gasteiger partial charge is 0.385 e. The molecule has 0 aromatic heterocycles. The van der Waals surface area contributed by atoms with Gasteiger partial charge in [-0.2, -0.15) is 0 Å². The molecule has 112 valence electrons. The second-order valence-corrected chi connectivity index (χ2v) is 6.48. The van der Waals surface area contributed by atoms with Gasteiger partial charge in [-0.25, -0.2) is 0 Å². The lowest BCUT2D eigenvalue weighted by molar-refractivity contribution is 0.115. The summed E-state index contributed by atoms with van der Waals surface area (Å²) in [5, 5.41) is 0. The van der Waals surface area contributed by atoms with Crippen LogP contribution in [0.4, 0.5) is 0 Å². The highest BCUT2D eigenvalue weighted by atomic mass is 16.5. The van der Waals surface area contributed by atoms with Crippen molar-refractivity contribution in [1.82, 2.24) is 0 Å².